The van der Waals surface area contributed by atoms with Gasteiger partial charge in [0.15, 0.2) is 5.11 Å². The van der Waals surface area contributed by atoms with E-state index in [-0.39, 0.29) is 24.5 Å². The summed E-state index contributed by atoms with van der Waals surface area (Å²) in [6, 6.07) is 1.14. The number of hydrogen-bond donors (Lipinski definition) is 1. The van der Waals surface area contributed by atoms with Crippen LogP contribution in [0.1, 0.15) is 42.5 Å². The second kappa shape index (κ2) is 9.72. The minimum Gasteiger partial charge on any atom is -0.379 e. The molecule has 2 unspecified atom stereocenters. The summed E-state index contributed by atoms with van der Waals surface area (Å²) >= 11 is 5.25. The van der Waals surface area contributed by atoms with Gasteiger partial charge in [0.05, 0.1) is 23.7 Å². The Bertz CT molecular complexity index is 1020. The number of amides is 1. The van der Waals surface area contributed by atoms with Crippen molar-refractivity contribution in [1.82, 2.24) is 14.8 Å². The minimum absolute atomic E-state index is 0.00656. The summed E-state index contributed by atoms with van der Waals surface area (Å²) < 4.78 is 51.1. The van der Waals surface area contributed by atoms with Gasteiger partial charge >= 0.3 is 6.18 Å². The van der Waals surface area contributed by atoms with E-state index >= 15 is 0 Å². The fraction of sp³-hybridized carbons (Fsp3) is 0.720. The van der Waals surface area contributed by atoms with Crippen molar-refractivity contribution in [1.29, 1.82) is 0 Å². The van der Waals surface area contributed by atoms with Gasteiger partial charge in [-0.05, 0) is 67.3 Å². The molecule has 5 rings (SSSR count). The molecule has 1 amide bonds. The number of nitrogens with zero attached hydrogens (tertiary/aromatic N) is 3. The van der Waals surface area contributed by atoms with Crippen molar-refractivity contribution in [2.45, 2.75) is 50.9 Å². The number of thiocarbonyl (C=S) groups is 1. The smallest absolute Gasteiger partial charge is 0.379 e. The highest BCUT2D eigenvalue weighted by Crippen LogP contribution is 2.54. The highest BCUT2D eigenvalue weighted by molar-refractivity contribution is 7.80. The molecule has 1 aromatic heterocycles. The standard InChI is InChI=1S/C25H33F3N4O3S/c1-34-21-13-35-5-3-16(21)6-15-7-19-12-32(23(29)36)14-24(19,9-15)22(33)31-4-2-20-17(11-31)8-18(10-30-20)25(26,27)28/h8,10,15-16,19,21H,2-7,9,11-14H2,1H3,(H2,29,36)/t15-,16?,19+,21?,24+/m1/s1. The maximum absolute atomic E-state index is 14.1. The van der Waals surface area contributed by atoms with Crippen molar-refractivity contribution in [3.8, 4) is 0 Å². The van der Waals surface area contributed by atoms with Gasteiger partial charge in [0, 0.05) is 58.2 Å². The predicted octanol–water partition coefficient (Wildman–Crippen LogP) is 3.00. The van der Waals surface area contributed by atoms with E-state index in [1.807, 2.05) is 4.90 Å². The summed E-state index contributed by atoms with van der Waals surface area (Å²) in [5.74, 6) is 0.870. The first-order chi connectivity index (χ1) is 17.1. The quantitative estimate of drug-likeness (QED) is 0.605. The van der Waals surface area contributed by atoms with Crippen LogP contribution in [0.4, 0.5) is 13.2 Å². The number of pyridine rings is 1. The van der Waals surface area contributed by atoms with E-state index in [1.54, 1.807) is 12.0 Å². The Kier molecular flexibility index (Phi) is 6.93. The molecular formula is C25H33F3N4O3S. The molecule has 0 bridgehead atoms. The molecule has 0 radical (unpaired) electrons. The van der Waals surface area contributed by atoms with Gasteiger partial charge in [-0.1, -0.05) is 0 Å². The van der Waals surface area contributed by atoms with Crippen molar-refractivity contribution in [2.75, 3.05) is 40.0 Å². The number of carbonyl (C=O) groups excluding carboxylic acids is 1. The molecule has 4 heterocycles. The Morgan fingerprint density at radius 1 is 1.39 bits per heavy atom. The zero-order chi connectivity index (χ0) is 25.7. The average molecular weight is 527 g/mol. The van der Waals surface area contributed by atoms with E-state index in [1.165, 1.54) is 0 Å². The van der Waals surface area contributed by atoms with E-state index in [9.17, 15) is 18.0 Å². The number of methoxy groups -OCH3 is 1. The van der Waals surface area contributed by atoms with E-state index < -0.39 is 17.2 Å². The van der Waals surface area contributed by atoms with Crippen LogP contribution in [0.15, 0.2) is 12.3 Å². The summed E-state index contributed by atoms with van der Waals surface area (Å²) in [7, 11) is 1.72. The maximum atomic E-state index is 14.1. The molecule has 36 heavy (non-hydrogen) atoms. The maximum Gasteiger partial charge on any atom is 0.417 e. The highest BCUT2D eigenvalue weighted by atomic mass is 32.1. The van der Waals surface area contributed by atoms with Crippen molar-refractivity contribution < 1.29 is 27.4 Å². The summed E-state index contributed by atoms with van der Waals surface area (Å²) in [4.78, 5) is 21.8. The Labute approximate surface area is 214 Å². The lowest BCUT2D eigenvalue weighted by molar-refractivity contribution is -0.144. The molecule has 3 aliphatic heterocycles. The Morgan fingerprint density at radius 2 is 2.19 bits per heavy atom. The van der Waals surface area contributed by atoms with Crippen LogP contribution in [-0.4, -0.2) is 71.9 Å². The molecule has 0 spiro atoms. The number of likely N-dealkylation sites (tertiary alicyclic amines) is 1. The lowest BCUT2D eigenvalue weighted by Gasteiger charge is -2.37. The summed E-state index contributed by atoms with van der Waals surface area (Å²) in [6.45, 7) is 3.02. The molecule has 3 fully saturated rings. The number of halogens is 3. The molecule has 11 heteroatoms. The van der Waals surface area contributed by atoms with E-state index in [2.05, 4.69) is 4.98 Å². The first-order valence-corrected chi connectivity index (χ1v) is 13.0. The molecule has 7 nitrogen and oxygen atoms in total. The number of aromatic nitrogens is 1. The van der Waals surface area contributed by atoms with Crippen molar-refractivity contribution in [2.24, 2.45) is 28.9 Å². The summed E-state index contributed by atoms with van der Waals surface area (Å²) in [6.07, 6.45) is 0.472. The third-order valence-corrected chi connectivity index (χ3v) is 9.00. The van der Waals surface area contributed by atoms with Crippen LogP contribution in [0, 0.1) is 23.2 Å². The van der Waals surface area contributed by atoms with Gasteiger partial charge < -0.3 is 25.0 Å². The third-order valence-electron chi connectivity index (χ3n) is 8.74. The SMILES string of the molecule is COC1COCCC1C[C@@H]1C[C@H]2CN(C(N)=S)C[C@@]2(C(=O)N2CCc3ncc(C(F)(F)F)cc3C2)C1. The largest absolute Gasteiger partial charge is 0.417 e. The molecule has 1 saturated carbocycles. The molecular weight excluding hydrogens is 493 g/mol. The first kappa shape index (κ1) is 25.7. The van der Waals surface area contributed by atoms with Crippen LogP contribution >= 0.6 is 12.2 Å². The minimum atomic E-state index is -4.47. The summed E-state index contributed by atoms with van der Waals surface area (Å²) in [5, 5.41) is 0.292. The van der Waals surface area contributed by atoms with Gasteiger partial charge in [-0.3, -0.25) is 9.78 Å². The number of ether oxygens (including phenoxy) is 2. The van der Waals surface area contributed by atoms with Crippen LogP contribution in [-0.2, 0) is 33.4 Å². The molecule has 2 saturated heterocycles. The van der Waals surface area contributed by atoms with Crippen molar-refractivity contribution in [3.05, 3.63) is 29.1 Å². The van der Waals surface area contributed by atoms with Crippen LogP contribution in [0.3, 0.4) is 0 Å². The lowest BCUT2D eigenvalue weighted by Crippen LogP contribution is -2.49. The number of rotatable bonds is 4. The number of nitrogens with two attached hydrogens (primary N) is 1. The Balaban J connectivity index is 1.36. The number of alkyl halides is 3. The van der Waals surface area contributed by atoms with Gasteiger partial charge in [0.2, 0.25) is 5.91 Å². The fourth-order valence-electron chi connectivity index (χ4n) is 6.97. The van der Waals surface area contributed by atoms with Crippen LogP contribution in [0.2, 0.25) is 0 Å². The van der Waals surface area contributed by atoms with Gasteiger partial charge in [-0.25, -0.2) is 0 Å². The van der Waals surface area contributed by atoms with E-state index in [0.717, 1.165) is 44.6 Å². The number of fused-ring (bicyclic) bond motifs is 2. The van der Waals surface area contributed by atoms with Crippen LogP contribution in [0.25, 0.3) is 0 Å². The summed E-state index contributed by atoms with van der Waals surface area (Å²) in [5.41, 5.74) is 5.66. The number of carbonyl (C=O) groups is 1. The average Bonchev–Trinajstić information content (AvgIpc) is 3.38. The second-order valence-corrected chi connectivity index (χ2v) is 11.2. The van der Waals surface area contributed by atoms with Gasteiger partial charge in [0.1, 0.15) is 0 Å². The topological polar surface area (TPSA) is 80.9 Å². The molecule has 1 aliphatic carbocycles. The van der Waals surface area contributed by atoms with Crippen LogP contribution in [0.5, 0.6) is 0 Å². The lowest BCUT2D eigenvalue weighted by atomic mass is 9.78. The normalized spacial score (nSPS) is 32.3. The number of hydrogen-bond acceptors (Lipinski definition) is 5. The van der Waals surface area contributed by atoms with Crippen molar-refractivity contribution in [3.63, 3.8) is 0 Å². The zero-order valence-electron chi connectivity index (χ0n) is 20.4. The van der Waals surface area contributed by atoms with E-state index in [4.69, 9.17) is 27.4 Å². The highest BCUT2D eigenvalue weighted by Gasteiger charge is 2.59. The molecule has 4 aliphatic rings. The Morgan fingerprint density at radius 3 is 2.92 bits per heavy atom. The molecule has 0 aromatic carbocycles. The molecule has 198 valence electrons. The van der Waals surface area contributed by atoms with Gasteiger partial charge in [-0.2, -0.15) is 13.2 Å². The third kappa shape index (κ3) is 4.69. The van der Waals surface area contributed by atoms with Gasteiger partial charge in [-0.15, -0.1) is 0 Å². The van der Waals surface area contributed by atoms with Gasteiger partial charge in [0.25, 0.3) is 0 Å². The second-order valence-electron chi connectivity index (χ2n) is 10.8. The monoisotopic (exact) mass is 526 g/mol. The van der Waals surface area contributed by atoms with E-state index in [0.29, 0.717) is 60.9 Å². The predicted molar refractivity (Wildman–Crippen MR) is 130 cm³/mol. The van der Waals surface area contributed by atoms with Crippen molar-refractivity contribution >= 4 is 23.2 Å². The Hall–Kier alpha value is -1.98. The molecule has 5 atom stereocenters. The fourth-order valence-corrected chi connectivity index (χ4v) is 7.11. The molecule has 1 aromatic rings. The first-order valence-electron chi connectivity index (χ1n) is 12.6. The van der Waals surface area contributed by atoms with Crippen LogP contribution < -0.4 is 5.73 Å². The zero-order valence-corrected chi connectivity index (χ0v) is 21.2. The molecule has 2 N–H and O–H groups in total.